The minimum atomic E-state index is -0.629. The van der Waals surface area contributed by atoms with Gasteiger partial charge in [0.15, 0.2) is 0 Å². The zero-order valence-corrected chi connectivity index (χ0v) is 19.0. The summed E-state index contributed by atoms with van der Waals surface area (Å²) in [7, 11) is 0. The molecule has 4 N–H and O–H groups in total. The topological polar surface area (TPSA) is 136 Å². The third-order valence-electron chi connectivity index (χ3n) is 4.85. The van der Waals surface area contributed by atoms with Crippen LogP contribution < -0.4 is 21.3 Å². The summed E-state index contributed by atoms with van der Waals surface area (Å²) < 4.78 is 10.1. The largest absolute Gasteiger partial charge is 0.465 e. The van der Waals surface area contributed by atoms with E-state index in [0.29, 0.717) is 23.9 Å². The molecule has 0 bridgehead atoms. The van der Waals surface area contributed by atoms with Crippen LogP contribution in [0.5, 0.6) is 0 Å². The number of amides is 2. The lowest BCUT2D eigenvalue weighted by atomic mass is 10.1. The van der Waals surface area contributed by atoms with Crippen molar-refractivity contribution in [2.75, 3.05) is 55.4 Å². The number of nitrogens with one attached hydrogen (secondary N) is 2. The number of halogens is 1. The number of pyridine rings is 1. The van der Waals surface area contributed by atoms with Crippen molar-refractivity contribution < 1.29 is 23.9 Å². The van der Waals surface area contributed by atoms with Crippen LogP contribution in [0, 0.1) is 0 Å². The maximum absolute atomic E-state index is 12.2. The minimum absolute atomic E-state index is 0.0620. The number of nitrogens with two attached hydrogens (primary N) is 1. The van der Waals surface area contributed by atoms with Crippen LogP contribution in [0.15, 0.2) is 30.3 Å². The highest BCUT2D eigenvalue weighted by Gasteiger charge is 2.16. The molecule has 1 aromatic heterocycles. The molecule has 1 saturated heterocycles. The Morgan fingerprint density at radius 2 is 1.88 bits per heavy atom. The summed E-state index contributed by atoms with van der Waals surface area (Å²) in [5, 5.41) is 5.13. The fourth-order valence-electron chi connectivity index (χ4n) is 3.24. The molecule has 33 heavy (non-hydrogen) atoms. The van der Waals surface area contributed by atoms with Crippen LogP contribution in [0.25, 0.3) is 11.3 Å². The predicted octanol–water partition coefficient (Wildman–Crippen LogP) is 1.83. The number of nitrogens with zero attached hydrogens (tertiary/aromatic N) is 2. The van der Waals surface area contributed by atoms with Gasteiger partial charge < -0.3 is 30.7 Å². The van der Waals surface area contributed by atoms with E-state index in [1.165, 1.54) is 6.07 Å². The van der Waals surface area contributed by atoms with Crippen molar-refractivity contribution >= 4 is 46.6 Å². The standard InChI is InChI=1S/C22H26ClN5O5/c1-2-33-20(31)13-25-18(29)12-19(30)26-17-11-16(23)21(27-22(17)24)14-3-5-15(6-4-14)28-7-9-32-10-8-28/h3-6,11H,2,7-10,12-13H2,1H3,(H2,24,27)(H,25,29)(H,26,30). The first-order valence-corrected chi connectivity index (χ1v) is 10.9. The third-order valence-corrected chi connectivity index (χ3v) is 5.14. The zero-order valence-electron chi connectivity index (χ0n) is 18.2. The number of anilines is 3. The second kappa shape index (κ2) is 11.5. The molecule has 176 valence electrons. The van der Waals surface area contributed by atoms with Gasteiger partial charge in [-0.15, -0.1) is 0 Å². The number of aromatic nitrogens is 1. The van der Waals surface area contributed by atoms with Crippen LogP contribution >= 0.6 is 11.6 Å². The Morgan fingerprint density at radius 3 is 2.55 bits per heavy atom. The van der Waals surface area contributed by atoms with Gasteiger partial charge in [0, 0.05) is 24.3 Å². The number of esters is 1. The molecule has 1 fully saturated rings. The van der Waals surface area contributed by atoms with Crippen molar-refractivity contribution in [2.45, 2.75) is 13.3 Å². The van der Waals surface area contributed by atoms with Gasteiger partial charge in [0.1, 0.15) is 18.8 Å². The van der Waals surface area contributed by atoms with Gasteiger partial charge in [-0.25, -0.2) is 4.98 Å². The van der Waals surface area contributed by atoms with E-state index in [0.717, 1.165) is 24.3 Å². The van der Waals surface area contributed by atoms with Crippen LogP contribution in [-0.4, -0.2) is 62.2 Å². The van der Waals surface area contributed by atoms with Crippen molar-refractivity contribution in [3.63, 3.8) is 0 Å². The fraction of sp³-hybridized carbons (Fsp3) is 0.364. The summed E-state index contributed by atoms with van der Waals surface area (Å²) in [5.41, 5.74) is 8.55. The van der Waals surface area contributed by atoms with E-state index in [1.807, 2.05) is 24.3 Å². The quantitative estimate of drug-likeness (QED) is 0.388. The highest BCUT2D eigenvalue weighted by Crippen LogP contribution is 2.32. The van der Waals surface area contributed by atoms with Gasteiger partial charge in [-0.3, -0.25) is 14.4 Å². The number of hydrogen-bond acceptors (Lipinski definition) is 8. The average molecular weight is 476 g/mol. The van der Waals surface area contributed by atoms with Gasteiger partial charge in [0.05, 0.1) is 36.2 Å². The number of carbonyl (C=O) groups is 3. The van der Waals surface area contributed by atoms with Crippen molar-refractivity contribution in [1.82, 2.24) is 10.3 Å². The number of carbonyl (C=O) groups excluding carboxylic acids is 3. The summed E-state index contributed by atoms with van der Waals surface area (Å²) in [6, 6.07) is 9.28. The molecule has 10 nitrogen and oxygen atoms in total. The van der Waals surface area contributed by atoms with E-state index in [1.54, 1.807) is 6.92 Å². The van der Waals surface area contributed by atoms with Crippen molar-refractivity contribution in [3.8, 4) is 11.3 Å². The molecule has 0 atom stereocenters. The Balaban J connectivity index is 1.62. The number of morpholine rings is 1. The molecule has 0 spiro atoms. The summed E-state index contributed by atoms with van der Waals surface area (Å²) in [6.07, 6.45) is -0.499. The second-order valence-corrected chi connectivity index (χ2v) is 7.61. The molecule has 0 saturated carbocycles. The van der Waals surface area contributed by atoms with Crippen molar-refractivity contribution in [2.24, 2.45) is 0 Å². The first-order valence-electron chi connectivity index (χ1n) is 10.5. The van der Waals surface area contributed by atoms with E-state index >= 15 is 0 Å². The lowest BCUT2D eigenvalue weighted by Gasteiger charge is -2.28. The molecular formula is C22H26ClN5O5. The van der Waals surface area contributed by atoms with E-state index in [4.69, 9.17) is 26.8 Å². The Morgan fingerprint density at radius 1 is 1.18 bits per heavy atom. The van der Waals surface area contributed by atoms with E-state index in [2.05, 4.69) is 20.5 Å². The number of ether oxygens (including phenoxy) is 2. The summed E-state index contributed by atoms with van der Waals surface area (Å²) >= 11 is 6.40. The second-order valence-electron chi connectivity index (χ2n) is 7.20. The van der Waals surface area contributed by atoms with Crippen LogP contribution in [0.3, 0.4) is 0 Å². The molecule has 11 heteroatoms. The van der Waals surface area contributed by atoms with Gasteiger partial charge in [-0.1, -0.05) is 23.7 Å². The van der Waals surface area contributed by atoms with Gasteiger partial charge in [0.25, 0.3) is 0 Å². The Labute approximate surface area is 196 Å². The van der Waals surface area contributed by atoms with Crippen LogP contribution in [0.1, 0.15) is 13.3 Å². The monoisotopic (exact) mass is 475 g/mol. The fourth-order valence-corrected chi connectivity index (χ4v) is 3.50. The van der Waals surface area contributed by atoms with Gasteiger partial charge >= 0.3 is 5.97 Å². The van der Waals surface area contributed by atoms with Crippen molar-refractivity contribution in [3.05, 3.63) is 35.4 Å². The summed E-state index contributed by atoms with van der Waals surface area (Å²) in [6.45, 7) is 4.62. The average Bonchev–Trinajstić information content (AvgIpc) is 2.81. The van der Waals surface area contributed by atoms with Crippen LogP contribution in [0.4, 0.5) is 17.2 Å². The number of hydrogen-bond donors (Lipinski definition) is 3. The molecule has 1 aliphatic rings. The predicted molar refractivity (Wildman–Crippen MR) is 125 cm³/mol. The molecule has 2 heterocycles. The number of rotatable bonds is 8. The highest BCUT2D eigenvalue weighted by atomic mass is 35.5. The smallest absolute Gasteiger partial charge is 0.325 e. The highest BCUT2D eigenvalue weighted by molar-refractivity contribution is 6.33. The number of benzene rings is 1. The lowest BCUT2D eigenvalue weighted by molar-refractivity contribution is -0.143. The maximum Gasteiger partial charge on any atom is 0.325 e. The molecule has 1 aromatic carbocycles. The molecule has 3 rings (SSSR count). The van der Waals surface area contributed by atoms with Gasteiger partial charge in [-0.05, 0) is 25.1 Å². The molecular weight excluding hydrogens is 450 g/mol. The SMILES string of the molecule is CCOC(=O)CNC(=O)CC(=O)Nc1cc(Cl)c(-c2ccc(N3CCOCC3)cc2)nc1N. The number of nitrogen functional groups attached to an aromatic ring is 1. The van der Waals surface area contributed by atoms with E-state index in [-0.39, 0.29) is 24.7 Å². The lowest BCUT2D eigenvalue weighted by Crippen LogP contribution is -2.36. The Bertz CT molecular complexity index is 1010. The van der Waals surface area contributed by atoms with Crippen molar-refractivity contribution in [1.29, 1.82) is 0 Å². The van der Waals surface area contributed by atoms with E-state index < -0.39 is 24.2 Å². The summed E-state index contributed by atoms with van der Waals surface area (Å²) in [5.74, 6) is -1.77. The molecule has 0 aliphatic carbocycles. The Hall–Kier alpha value is -3.37. The maximum atomic E-state index is 12.2. The van der Waals surface area contributed by atoms with Gasteiger partial charge in [0.2, 0.25) is 11.8 Å². The minimum Gasteiger partial charge on any atom is -0.465 e. The summed E-state index contributed by atoms with van der Waals surface area (Å²) in [4.78, 5) is 41.8. The third kappa shape index (κ3) is 6.80. The van der Waals surface area contributed by atoms with E-state index in [9.17, 15) is 14.4 Å². The molecule has 2 amide bonds. The normalized spacial score (nSPS) is 13.3. The Kier molecular flexibility index (Phi) is 8.45. The first kappa shape index (κ1) is 24.3. The first-order chi connectivity index (χ1) is 15.9. The van der Waals surface area contributed by atoms with Gasteiger partial charge in [-0.2, -0.15) is 0 Å². The molecule has 0 unspecified atom stereocenters. The van der Waals surface area contributed by atoms with Crippen LogP contribution in [0.2, 0.25) is 5.02 Å². The molecule has 1 aliphatic heterocycles. The zero-order chi connectivity index (χ0) is 23.8. The molecule has 0 radical (unpaired) electrons. The van der Waals surface area contributed by atoms with Crippen LogP contribution in [-0.2, 0) is 23.9 Å². The molecule has 2 aromatic rings.